The highest BCUT2D eigenvalue weighted by Crippen LogP contribution is 2.18. The van der Waals surface area contributed by atoms with Crippen molar-refractivity contribution in [3.8, 4) is 6.07 Å². The quantitative estimate of drug-likeness (QED) is 0.888. The number of carbonyl (C=O) groups is 1. The molecule has 0 atom stereocenters. The average molecular weight is 272 g/mol. The lowest BCUT2D eigenvalue weighted by molar-refractivity contribution is 0.0692. The van der Waals surface area contributed by atoms with E-state index in [4.69, 9.17) is 10.4 Å². The minimum Gasteiger partial charge on any atom is -0.478 e. The molecule has 0 amide bonds. The number of nitrogens with one attached hydrogen (secondary N) is 1. The zero-order valence-corrected chi connectivity index (χ0v) is 10.4. The molecule has 1 heterocycles. The third kappa shape index (κ3) is 2.87. The second-order valence-electron chi connectivity index (χ2n) is 3.95. The van der Waals surface area contributed by atoms with Gasteiger partial charge in [-0.3, -0.25) is 0 Å². The third-order valence-electron chi connectivity index (χ3n) is 2.42. The topological polar surface area (TPSA) is 98.9 Å². The number of anilines is 2. The number of rotatable bonds is 3. The molecule has 0 aliphatic rings. The molecule has 0 fully saturated rings. The van der Waals surface area contributed by atoms with Gasteiger partial charge in [-0.1, -0.05) is 0 Å². The summed E-state index contributed by atoms with van der Waals surface area (Å²) in [5.74, 6) is -2.06. The van der Waals surface area contributed by atoms with E-state index in [9.17, 15) is 9.18 Å². The number of nitrogens with zero attached hydrogens (tertiary/aromatic N) is 3. The van der Waals surface area contributed by atoms with Gasteiger partial charge < -0.3 is 10.4 Å². The highest BCUT2D eigenvalue weighted by atomic mass is 19.1. The van der Waals surface area contributed by atoms with Crippen LogP contribution < -0.4 is 5.32 Å². The van der Waals surface area contributed by atoms with Crippen molar-refractivity contribution in [3.63, 3.8) is 0 Å². The first-order valence-corrected chi connectivity index (χ1v) is 5.55. The van der Waals surface area contributed by atoms with Gasteiger partial charge in [-0.05, 0) is 31.2 Å². The number of halogens is 1. The van der Waals surface area contributed by atoms with Crippen molar-refractivity contribution in [2.24, 2.45) is 0 Å². The van der Waals surface area contributed by atoms with E-state index in [2.05, 4.69) is 15.3 Å². The second kappa shape index (κ2) is 5.32. The number of benzene rings is 1. The van der Waals surface area contributed by atoms with E-state index < -0.39 is 17.3 Å². The zero-order valence-electron chi connectivity index (χ0n) is 10.4. The van der Waals surface area contributed by atoms with Crippen molar-refractivity contribution in [2.75, 3.05) is 5.32 Å². The Morgan fingerprint density at radius 1 is 1.40 bits per heavy atom. The lowest BCUT2D eigenvalue weighted by Crippen LogP contribution is -2.03. The largest absolute Gasteiger partial charge is 0.478 e. The first-order valence-electron chi connectivity index (χ1n) is 5.55. The fraction of sp³-hybridized carbons (Fsp3) is 0.0769. The molecule has 2 N–H and O–H groups in total. The number of hydrogen-bond donors (Lipinski definition) is 2. The summed E-state index contributed by atoms with van der Waals surface area (Å²) >= 11 is 0. The Hall–Kier alpha value is -3.01. The van der Waals surface area contributed by atoms with E-state index in [0.717, 1.165) is 12.1 Å². The Morgan fingerprint density at radius 3 is 2.75 bits per heavy atom. The number of carboxylic acid groups (broad SMARTS) is 1. The Bertz CT molecular complexity index is 725. The van der Waals surface area contributed by atoms with E-state index in [-0.39, 0.29) is 11.6 Å². The van der Waals surface area contributed by atoms with Crippen molar-refractivity contribution >= 4 is 17.6 Å². The summed E-state index contributed by atoms with van der Waals surface area (Å²) in [6, 6.07) is 6.96. The number of aryl methyl sites for hydroxylation is 1. The molecule has 0 unspecified atom stereocenters. The standard InChI is InChI=1S/C13H9FN4O2/c1-7-4-9(6-15)18-13(16-7)17-8-2-3-10(12(19)20)11(14)5-8/h2-5H,1H3,(H,19,20)(H,16,17,18). The van der Waals surface area contributed by atoms with E-state index in [1.54, 1.807) is 6.92 Å². The number of hydrogen-bond acceptors (Lipinski definition) is 5. The fourth-order valence-electron chi connectivity index (χ4n) is 1.58. The van der Waals surface area contributed by atoms with Gasteiger partial charge in [-0.15, -0.1) is 0 Å². The highest BCUT2D eigenvalue weighted by Gasteiger charge is 2.11. The van der Waals surface area contributed by atoms with Crippen molar-refractivity contribution in [2.45, 2.75) is 6.92 Å². The number of aromatic carboxylic acids is 1. The molecule has 0 radical (unpaired) electrons. The van der Waals surface area contributed by atoms with Crippen LogP contribution in [0.3, 0.4) is 0 Å². The molecule has 0 saturated carbocycles. The predicted octanol–water partition coefficient (Wildman–Crippen LogP) is 2.24. The third-order valence-corrected chi connectivity index (χ3v) is 2.42. The molecule has 0 saturated heterocycles. The van der Waals surface area contributed by atoms with Crippen molar-refractivity contribution in [1.82, 2.24) is 9.97 Å². The van der Waals surface area contributed by atoms with Crippen LogP contribution in [0.1, 0.15) is 21.7 Å². The van der Waals surface area contributed by atoms with Gasteiger partial charge in [0, 0.05) is 11.4 Å². The Morgan fingerprint density at radius 2 is 2.15 bits per heavy atom. The van der Waals surface area contributed by atoms with Gasteiger partial charge in [0.2, 0.25) is 5.95 Å². The van der Waals surface area contributed by atoms with Crippen LogP contribution in [0.5, 0.6) is 0 Å². The Balaban J connectivity index is 2.31. The molecule has 2 rings (SSSR count). The van der Waals surface area contributed by atoms with Gasteiger partial charge in [0.15, 0.2) is 0 Å². The van der Waals surface area contributed by atoms with Crippen LogP contribution in [-0.4, -0.2) is 21.0 Å². The predicted molar refractivity (Wildman–Crippen MR) is 68.1 cm³/mol. The lowest BCUT2D eigenvalue weighted by Gasteiger charge is -2.07. The highest BCUT2D eigenvalue weighted by molar-refractivity contribution is 5.88. The lowest BCUT2D eigenvalue weighted by atomic mass is 10.2. The molecule has 1 aromatic heterocycles. The zero-order chi connectivity index (χ0) is 14.7. The maximum atomic E-state index is 13.5. The Labute approximate surface area is 113 Å². The monoisotopic (exact) mass is 272 g/mol. The normalized spacial score (nSPS) is 9.85. The maximum Gasteiger partial charge on any atom is 0.338 e. The van der Waals surface area contributed by atoms with E-state index in [1.165, 1.54) is 12.1 Å². The summed E-state index contributed by atoms with van der Waals surface area (Å²) in [5, 5.41) is 20.3. The van der Waals surface area contributed by atoms with E-state index in [0.29, 0.717) is 11.4 Å². The van der Waals surface area contributed by atoms with Crippen LogP contribution in [-0.2, 0) is 0 Å². The van der Waals surface area contributed by atoms with Gasteiger partial charge in [-0.2, -0.15) is 5.26 Å². The first kappa shape index (κ1) is 13.4. The van der Waals surface area contributed by atoms with Crippen molar-refractivity contribution in [1.29, 1.82) is 5.26 Å². The van der Waals surface area contributed by atoms with Gasteiger partial charge in [0.1, 0.15) is 17.6 Å². The van der Waals surface area contributed by atoms with Gasteiger partial charge >= 0.3 is 5.97 Å². The number of aromatic nitrogens is 2. The molecular formula is C13H9FN4O2. The molecule has 7 heteroatoms. The summed E-state index contributed by atoms with van der Waals surface area (Å²) in [6.07, 6.45) is 0. The number of nitriles is 1. The SMILES string of the molecule is Cc1cc(C#N)nc(Nc2ccc(C(=O)O)c(F)c2)n1. The van der Waals surface area contributed by atoms with Crippen LogP contribution in [0.4, 0.5) is 16.0 Å². The molecule has 0 spiro atoms. The molecule has 20 heavy (non-hydrogen) atoms. The second-order valence-corrected chi connectivity index (χ2v) is 3.95. The van der Waals surface area contributed by atoms with E-state index >= 15 is 0 Å². The molecule has 0 bridgehead atoms. The minimum atomic E-state index is -1.34. The van der Waals surface area contributed by atoms with Crippen LogP contribution >= 0.6 is 0 Å². The van der Waals surface area contributed by atoms with Gasteiger partial charge in [0.05, 0.1) is 5.56 Å². The van der Waals surface area contributed by atoms with E-state index in [1.807, 2.05) is 6.07 Å². The molecule has 0 aliphatic heterocycles. The molecule has 1 aromatic carbocycles. The molecule has 100 valence electrons. The molecule has 0 aliphatic carbocycles. The molecule has 6 nitrogen and oxygen atoms in total. The molecule has 2 aromatic rings. The summed E-state index contributed by atoms with van der Waals surface area (Å²) in [6.45, 7) is 1.70. The Kier molecular flexibility index (Phi) is 3.57. The minimum absolute atomic E-state index is 0.143. The van der Waals surface area contributed by atoms with Crippen LogP contribution in [0.2, 0.25) is 0 Å². The smallest absolute Gasteiger partial charge is 0.338 e. The van der Waals surface area contributed by atoms with Crippen molar-refractivity contribution in [3.05, 3.63) is 47.0 Å². The fourth-order valence-corrected chi connectivity index (χ4v) is 1.58. The summed E-state index contributed by atoms with van der Waals surface area (Å²) < 4.78 is 13.5. The van der Waals surface area contributed by atoms with Crippen molar-refractivity contribution < 1.29 is 14.3 Å². The van der Waals surface area contributed by atoms with Gasteiger partial charge in [0.25, 0.3) is 0 Å². The maximum absolute atomic E-state index is 13.5. The first-order chi connectivity index (χ1) is 9.49. The summed E-state index contributed by atoms with van der Waals surface area (Å²) in [4.78, 5) is 18.7. The molecular weight excluding hydrogens is 263 g/mol. The van der Waals surface area contributed by atoms with Gasteiger partial charge in [-0.25, -0.2) is 19.2 Å². The van der Waals surface area contributed by atoms with Crippen LogP contribution in [0.25, 0.3) is 0 Å². The van der Waals surface area contributed by atoms with Crippen LogP contribution in [0, 0.1) is 24.1 Å². The average Bonchev–Trinajstić information content (AvgIpc) is 2.37. The summed E-state index contributed by atoms with van der Waals surface area (Å²) in [5.41, 5.74) is 0.643. The van der Waals surface area contributed by atoms with Crippen LogP contribution in [0.15, 0.2) is 24.3 Å². The number of carboxylic acids is 1. The summed E-state index contributed by atoms with van der Waals surface area (Å²) in [7, 11) is 0.